The Bertz CT molecular complexity index is 1070. The van der Waals surface area contributed by atoms with Crippen LogP contribution in [0.3, 0.4) is 0 Å². The van der Waals surface area contributed by atoms with Crippen molar-refractivity contribution in [2.24, 2.45) is 0 Å². The maximum Gasteiger partial charge on any atom is 0.422 e. The van der Waals surface area contributed by atoms with Gasteiger partial charge in [0.05, 0.1) is 9.79 Å². The Kier molecular flexibility index (Phi) is 7.05. The molecule has 0 saturated carbocycles. The van der Waals surface area contributed by atoms with Gasteiger partial charge in [0.2, 0.25) is 0 Å². The quantitative estimate of drug-likeness (QED) is 0.259. The Morgan fingerprint density at radius 3 is 0.714 bits per heavy atom. The lowest BCUT2D eigenvalue weighted by atomic mass is 10.1. The third-order valence-corrected chi connectivity index (χ3v) is 5.07. The second-order valence-electron chi connectivity index (χ2n) is 6.14. The summed E-state index contributed by atoms with van der Waals surface area (Å²) in [5.74, 6) is -21.3. The van der Waals surface area contributed by atoms with Crippen molar-refractivity contribution >= 4 is 11.8 Å². The molecule has 0 spiro atoms. The predicted molar refractivity (Wildman–Crippen MR) is 76.8 cm³/mol. The minimum atomic E-state index is -6.45. The molecule has 2 aromatic rings. The molecule has 0 aromatic heterocycles. The first-order chi connectivity index (χ1) is 15.4. The summed E-state index contributed by atoms with van der Waals surface area (Å²) in [6, 6.07) is 0. The minimum absolute atomic E-state index is 1.95. The van der Waals surface area contributed by atoms with Crippen molar-refractivity contribution in [3.8, 4) is 0 Å². The Labute approximate surface area is 183 Å². The fourth-order valence-corrected chi connectivity index (χ4v) is 3.78. The molecule has 0 radical (unpaired) electrons. The van der Waals surface area contributed by atoms with Crippen molar-refractivity contribution in [2.45, 2.75) is 34.5 Å². The first-order valence-corrected chi connectivity index (χ1v) is 8.63. The van der Waals surface area contributed by atoms with Gasteiger partial charge in [-0.25, -0.2) is 26.3 Å². The summed E-state index contributed by atoms with van der Waals surface area (Å²) in [4.78, 5) is -6.10. The van der Waals surface area contributed by atoms with E-state index in [-0.39, 0.29) is 0 Å². The van der Waals surface area contributed by atoms with Crippen LogP contribution in [0.25, 0.3) is 0 Å². The van der Waals surface area contributed by atoms with Gasteiger partial charge in [0.1, 0.15) is 22.3 Å². The molecule has 0 saturated heterocycles. The van der Waals surface area contributed by atoms with E-state index in [0.717, 1.165) is 0 Å². The second kappa shape index (κ2) is 8.58. The van der Waals surface area contributed by atoms with Crippen molar-refractivity contribution in [3.05, 3.63) is 57.2 Å². The lowest BCUT2D eigenvalue weighted by molar-refractivity contribution is -0.150. The highest BCUT2D eigenvalue weighted by molar-refractivity contribution is 7.99. The van der Waals surface area contributed by atoms with E-state index in [1.165, 1.54) is 0 Å². The Balaban J connectivity index is 3.16. The highest BCUT2D eigenvalue weighted by Gasteiger charge is 2.51. The van der Waals surface area contributed by atoms with E-state index in [1.807, 2.05) is 0 Å². The van der Waals surface area contributed by atoms with Gasteiger partial charge in [0, 0.05) is 0 Å². The standard InChI is InChI=1S/C16F18S/c17-5-1(13(23,24)25)9(21)11(3(7(5)19)15(29,30)31)35-12-4(16(32,33)34)8(20)6(18)2(10(12)22)14(26,27)28. The molecule has 0 amide bonds. The summed E-state index contributed by atoms with van der Waals surface area (Å²) in [5, 5.41) is 0. The van der Waals surface area contributed by atoms with E-state index in [1.54, 1.807) is 0 Å². The number of hydrogen-bond acceptors (Lipinski definition) is 1. The van der Waals surface area contributed by atoms with Crippen LogP contribution in [0.1, 0.15) is 22.3 Å². The summed E-state index contributed by atoms with van der Waals surface area (Å²) in [7, 11) is 0. The number of halogens is 18. The van der Waals surface area contributed by atoms with E-state index in [0.29, 0.717) is 0 Å². The van der Waals surface area contributed by atoms with Gasteiger partial charge in [-0.15, -0.1) is 0 Å². The van der Waals surface area contributed by atoms with Crippen molar-refractivity contribution in [1.82, 2.24) is 0 Å². The van der Waals surface area contributed by atoms with Crippen LogP contribution in [-0.4, -0.2) is 0 Å². The average molecular weight is 566 g/mol. The highest BCUT2D eigenvalue weighted by atomic mass is 32.2. The van der Waals surface area contributed by atoms with Crippen LogP contribution in [0.4, 0.5) is 79.0 Å². The van der Waals surface area contributed by atoms with Gasteiger partial charge in [0.25, 0.3) is 0 Å². The Hall–Kier alpha value is -2.47. The normalized spacial score (nSPS) is 13.5. The molecule has 0 aliphatic carbocycles. The maximum absolute atomic E-state index is 14.3. The van der Waals surface area contributed by atoms with E-state index in [9.17, 15) is 79.0 Å². The van der Waals surface area contributed by atoms with E-state index in [4.69, 9.17) is 0 Å². The zero-order valence-electron chi connectivity index (χ0n) is 15.2. The van der Waals surface area contributed by atoms with E-state index < -0.39 is 103 Å². The van der Waals surface area contributed by atoms with Crippen molar-refractivity contribution in [3.63, 3.8) is 0 Å². The van der Waals surface area contributed by atoms with Gasteiger partial charge >= 0.3 is 24.7 Å². The van der Waals surface area contributed by atoms with Crippen LogP contribution in [-0.2, 0) is 24.7 Å². The third-order valence-electron chi connectivity index (χ3n) is 3.89. The van der Waals surface area contributed by atoms with Gasteiger partial charge in [-0.05, 0) is 0 Å². The zero-order chi connectivity index (χ0) is 27.6. The van der Waals surface area contributed by atoms with Crippen LogP contribution < -0.4 is 0 Å². The van der Waals surface area contributed by atoms with Crippen LogP contribution in [0.2, 0.25) is 0 Å². The number of alkyl halides is 12. The molecular weight excluding hydrogens is 566 g/mol. The molecule has 2 rings (SSSR count). The second-order valence-corrected chi connectivity index (χ2v) is 7.16. The lowest BCUT2D eigenvalue weighted by Crippen LogP contribution is -2.22. The molecule has 0 heterocycles. The predicted octanol–water partition coefficient (Wildman–Crippen LogP) is 8.75. The molecule has 0 bridgehead atoms. The third kappa shape index (κ3) is 5.09. The SMILES string of the molecule is Fc1c(F)c(C(F)(F)F)c(Sc2c(F)c(C(F)(F)F)c(F)c(F)c2C(F)(F)F)c(F)c1C(F)(F)F. The molecule has 0 aliphatic heterocycles. The minimum Gasteiger partial charge on any atom is -0.205 e. The Morgan fingerprint density at radius 1 is 0.314 bits per heavy atom. The summed E-state index contributed by atoms with van der Waals surface area (Å²) in [6.45, 7) is 0. The lowest BCUT2D eigenvalue weighted by Gasteiger charge is -2.22. The van der Waals surface area contributed by atoms with E-state index >= 15 is 0 Å². The summed E-state index contributed by atoms with van der Waals surface area (Å²) < 4.78 is 240. The maximum atomic E-state index is 14.3. The molecule has 0 fully saturated rings. The average Bonchev–Trinajstić information content (AvgIpc) is 2.59. The molecule has 35 heavy (non-hydrogen) atoms. The number of benzene rings is 2. The van der Waals surface area contributed by atoms with Crippen molar-refractivity contribution in [1.29, 1.82) is 0 Å². The van der Waals surface area contributed by atoms with Crippen molar-refractivity contribution in [2.75, 3.05) is 0 Å². The monoisotopic (exact) mass is 566 g/mol. The molecule has 0 N–H and O–H groups in total. The Morgan fingerprint density at radius 2 is 0.514 bits per heavy atom. The highest BCUT2D eigenvalue weighted by Crippen LogP contribution is 2.52. The fourth-order valence-electron chi connectivity index (χ4n) is 2.58. The number of hydrogen-bond donors (Lipinski definition) is 0. The molecule has 196 valence electrons. The van der Waals surface area contributed by atoms with Gasteiger partial charge in [-0.3, -0.25) is 0 Å². The summed E-state index contributed by atoms with van der Waals surface area (Å²) in [6.07, 6.45) is -25.7. The van der Waals surface area contributed by atoms with Gasteiger partial charge in [0.15, 0.2) is 34.9 Å². The van der Waals surface area contributed by atoms with Crippen LogP contribution in [0.5, 0.6) is 0 Å². The van der Waals surface area contributed by atoms with Gasteiger partial charge < -0.3 is 0 Å². The molecule has 2 aromatic carbocycles. The van der Waals surface area contributed by atoms with Crippen LogP contribution in [0, 0.1) is 34.9 Å². The van der Waals surface area contributed by atoms with Gasteiger partial charge in [-0.2, -0.15) is 52.7 Å². The van der Waals surface area contributed by atoms with E-state index in [2.05, 4.69) is 0 Å². The van der Waals surface area contributed by atoms with Crippen LogP contribution >= 0.6 is 11.8 Å². The van der Waals surface area contributed by atoms with Crippen molar-refractivity contribution < 1.29 is 79.0 Å². The molecule has 19 heteroatoms. The first kappa shape index (κ1) is 28.8. The largest absolute Gasteiger partial charge is 0.422 e. The molecule has 0 nitrogen and oxygen atoms in total. The topological polar surface area (TPSA) is 0 Å². The fraction of sp³-hybridized carbons (Fsp3) is 0.250. The van der Waals surface area contributed by atoms with Gasteiger partial charge in [-0.1, -0.05) is 11.8 Å². The number of rotatable bonds is 2. The summed E-state index contributed by atoms with van der Waals surface area (Å²) in [5.41, 5.74) is -13.8. The molecular formula is C16F18S. The zero-order valence-corrected chi connectivity index (χ0v) is 16.0. The van der Waals surface area contributed by atoms with Crippen LogP contribution in [0.15, 0.2) is 9.79 Å². The molecule has 0 atom stereocenters. The smallest absolute Gasteiger partial charge is 0.205 e. The molecule has 0 unspecified atom stereocenters. The first-order valence-electron chi connectivity index (χ1n) is 7.81. The molecule has 0 aliphatic rings. The summed E-state index contributed by atoms with van der Waals surface area (Å²) >= 11 is -1.95.